The Morgan fingerprint density at radius 2 is 1.69 bits per heavy atom. The summed E-state index contributed by atoms with van der Waals surface area (Å²) in [6.07, 6.45) is 0. The average molecular weight is 430 g/mol. The second kappa shape index (κ2) is 9.88. The monoisotopic (exact) mass is 429 g/mol. The summed E-state index contributed by atoms with van der Waals surface area (Å²) in [6.45, 7) is 8.06. The van der Waals surface area contributed by atoms with Crippen LogP contribution in [0, 0.1) is 0 Å². The van der Waals surface area contributed by atoms with Gasteiger partial charge < -0.3 is 20.3 Å². The van der Waals surface area contributed by atoms with E-state index in [1.165, 1.54) is 5.56 Å². The maximum absolute atomic E-state index is 13.5. The Balaban J connectivity index is 1.68. The number of piperazine rings is 1. The van der Waals surface area contributed by atoms with E-state index in [2.05, 4.69) is 59.7 Å². The zero-order chi connectivity index (χ0) is 22.5. The Morgan fingerprint density at radius 3 is 2.38 bits per heavy atom. The molecule has 0 radical (unpaired) electrons. The van der Waals surface area contributed by atoms with Crippen molar-refractivity contribution in [2.24, 2.45) is 0 Å². The standard InChI is InChI=1S/C27H31N3O2/c1-19(2)20-11-13-21(14-12-20)26-22(7-6-10-25(26)32-3)27(31)29-23-8-4-5-9-24(23)30-17-15-28-16-18-30/h4-14,19,28H,15-18H2,1-3H3,(H,29,31). The molecule has 1 amide bonds. The molecule has 5 nitrogen and oxygen atoms in total. The maximum Gasteiger partial charge on any atom is 0.256 e. The number of nitrogens with one attached hydrogen (secondary N) is 2. The predicted molar refractivity (Wildman–Crippen MR) is 132 cm³/mol. The van der Waals surface area contributed by atoms with Gasteiger partial charge in [-0.05, 0) is 41.3 Å². The van der Waals surface area contributed by atoms with Gasteiger partial charge in [0.2, 0.25) is 0 Å². The first-order chi connectivity index (χ1) is 15.6. The molecule has 1 aliphatic heterocycles. The van der Waals surface area contributed by atoms with Crippen LogP contribution in [-0.2, 0) is 0 Å². The second-order valence-corrected chi connectivity index (χ2v) is 8.37. The van der Waals surface area contributed by atoms with E-state index in [0.717, 1.165) is 48.7 Å². The Kier molecular flexibility index (Phi) is 6.76. The van der Waals surface area contributed by atoms with E-state index in [0.29, 0.717) is 17.2 Å². The van der Waals surface area contributed by atoms with Crippen molar-refractivity contribution >= 4 is 17.3 Å². The lowest BCUT2D eigenvalue weighted by molar-refractivity contribution is 0.102. The minimum absolute atomic E-state index is 0.144. The van der Waals surface area contributed by atoms with Crippen LogP contribution >= 0.6 is 0 Å². The van der Waals surface area contributed by atoms with Crippen molar-refractivity contribution in [2.45, 2.75) is 19.8 Å². The molecule has 1 heterocycles. The van der Waals surface area contributed by atoms with Gasteiger partial charge >= 0.3 is 0 Å². The fraction of sp³-hybridized carbons (Fsp3) is 0.296. The highest BCUT2D eigenvalue weighted by Crippen LogP contribution is 2.35. The lowest BCUT2D eigenvalue weighted by Crippen LogP contribution is -2.43. The van der Waals surface area contributed by atoms with E-state index in [4.69, 9.17) is 4.74 Å². The number of nitrogens with zero attached hydrogens (tertiary/aromatic N) is 1. The first kappa shape index (κ1) is 21.9. The third-order valence-corrected chi connectivity index (χ3v) is 5.97. The molecule has 0 aromatic heterocycles. The van der Waals surface area contributed by atoms with Crippen molar-refractivity contribution in [2.75, 3.05) is 43.5 Å². The van der Waals surface area contributed by atoms with Crippen molar-refractivity contribution in [1.29, 1.82) is 0 Å². The fourth-order valence-corrected chi connectivity index (χ4v) is 4.17. The summed E-state index contributed by atoms with van der Waals surface area (Å²) in [4.78, 5) is 15.8. The lowest BCUT2D eigenvalue weighted by Gasteiger charge is -2.31. The number of hydrogen-bond acceptors (Lipinski definition) is 4. The van der Waals surface area contributed by atoms with Gasteiger partial charge in [0, 0.05) is 31.7 Å². The zero-order valence-electron chi connectivity index (χ0n) is 19.0. The van der Waals surface area contributed by atoms with Crippen LogP contribution in [0.3, 0.4) is 0 Å². The third kappa shape index (κ3) is 4.63. The van der Waals surface area contributed by atoms with E-state index < -0.39 is 0 Å². The summed E-state index contributed by atoms with van der Waals surface area (Å²) in [5, 5.41) is 6.54. The highest BCUT2D eigenvalue weighted by atomic mass is 16.5. The molecular weight excluding hydrogens is 398 g/mol. The van der Waals surface area contributed by atoms with E-state index in [1.54, 1.807) is 7.11 Å². The Morgan fingerprint density at radius 1 is 0.969 bits per heavy atom. The summed E-state index contributed by atoms with van der Waals surface area (Å²) in [6, 6.07) is 22.0. The number of anilines is 2. The highest BCUT2D eigenvalue weighted by molar-refractivity contribution is 6.10. The Labute approximate surface area is 190 Å². The molecule has 1 fully saturated rings. The molecule has 2 N–H and O–H groups in total. The molecule has 4 rings (SSSR count). The van der Waals surface area contributed by atoms with Gasteiger partial charge in [-0.3, -0.25) is 4.79 Å². The fourth-order valence-electron chi connectivity index (χ4n) is 4.17. The number of amides is 1. The predicted octanol–water partition coefficient (Wildman–Crippen LogP) is 5.15. The van der Waals surface area contributed by atoms with Gasteiger partial charge in [-0.15, -0.1) is 0 Å². The molecule has 166 valence electrons. The number of carbonyl (C=O) groups is 1. The average Bonchev–Trinajstić information content (AvgIpc) is 2.84. The molecule has 1 aliphatic rings. The van der Waals surface area contributed by atoms with Crippen LogP contribution in [-0.4, -0.2) is 39.2 Å². The topological polar surface area (TPSA) is 53.6 Å². The van der Waals surface area contributed by atoms with Crippen LogP contribution in [0.25, 0.3) is 11.1 Å². The molecule has 5 heteroatoms. The quantitative estimate of drug-likeness (QED) is 0.569. The molecular formula is C27H31N3O2. The molecule has 0 aliphatic carbocycles. The van der Waals surface area contributed by atoms with Gasteiger partial charge in [0.15, 0.2) is 0 Å². The molecule has 0 unspecified atom stereocenters. The van der Waals surface area contributed by atoms with Crippen molar-refractivity contribution in [3.8, 4) is 16.9 Å². The van der Waals surface area contributed by atoms with E-state index in [-0.39, 0.29) is 5.91 Å². The van der Waals surface area contributed by atoms with Crippen molar-refractivity contribution < 1.29 is 9.53 Å². The smallest absolute Gasteiger partial charge is 0.256 e. The van der Waals surface area contributed by atoms with Crippen LogP contribution in [0.2, 0.25) is 0 Å². The SMILES string of the molecule is COc1cccc(C(=O)Nc2ccccc2N2CCNCC2)c1-c1ccc(C(C)C)cc1. The summed E-state index contributed by atoms with van der Waals surface area (Å²) >= 11 is 0. The van der Waals surface area contributed by atoms with Crippen LogP contribution < -0.4 is 20.3 Å². The van der Waals surface area contributed by atoms with Gasteiger partial charge in [-0.1, -0.05) is 56.3 Å². The number of rotatable bonds is 6. The Hall–Kier alpha value is -3.31. The minimum atomic E-state index is -0.144. The van der Waals surface area contributed by atoms with Gasteiger partial charge in [0.05, 0.1) is 24.0 Å². The molecule has 0 spiro atoms. The summed E-state index contributed by atoms with van der Waals surface area (Å²) in [5.41, 5.74) is 5.50. The summed E-state index contributed by atoms with van der Waals surface area (Å²) < 4.78 is 5.64. The molecule has 0 saturated carbocycles. The zero-order valence-corrected chi connectivity index (χ0v) is 19.0. The molecule has 0 bridgehead atoms. The van der Waals surface area contributed by atoms with Gasteiger partial charge in [-0.2, -0.15) is 0 Å². The number of carbonyl (C=O) groups excluding carboxylic acids is 1. The van der Waals surface area contributed by atoms with Gasteiger partial charge in [-0.25, -0.2) is 0 Å². The molecule has 32 heavy (non-hydrogen) atoms. The van der Waals surface area contributed by atoms with Gasteiger partial charge in [0.1, 0.15) is 5.75 Å². The molecule has 1 saturated heterocycles. The summed E-state index contributed by atoms with van der Waals surface area (Å²) in [5.74, 6) is 0.991. The Bertz CT molecular complexity index is 1070. The number of methoxy groups -OCH3 is 1. The molecule has 3 aromatic rings. The first-order valence-corrected chi connectivity index (χ1v) is 11.2. The van der Waals surface area contributed by atoms with E-state index in [1.807, 2.05) is 36.4 Å². The molecule has 3 aromatic carbocycles. The van der Waals surface area contributed by atoms with Crippen LogP contribution in [0.5, 0.6) is 5.75 Å². The third-order valence-electron chi connectivity index (χ3n) is 5.97. The number of benzene rings is 3. The first-order valence-electron chi connectivity index (χ1n) is 11.2. The van der Waals surface area contributed by atoms with E-state index in [9.17, 15) is 4.79 Å². The second-order valence-electron chi connectivity index (χ2n) is 8.37. The minimum Gasteiger partial charge on any atom is -0.496 e. The van der Waals surface area contributed by atoms with Crippen LogP contribution in [0.4, 0.5) is 11.4 Å². The van der Waals surface area contributed by atoms with Crippen molar-refractivity contribution in [1.82, 2.24) is 5.32 Å². The summed E-state index contributed by atoms with van der Waals surface area (Å²) in [7, 11) is 1.64. The normalized spacial score (nSPS) is 13.8. The molecule has 0 atom stereocenters. The van der Waals surface area contributed by atoms with Crippen LogP contribution in [0.1, 0.15) is 35.7 Å². The lowest BCUT2D eigenvalue weighted by atomic mass is 9.95. The number of ether oxygens (including phenoxy) is 1. The van der Waals surface area contributed by atoms with E-state index >= 15 is 0 Å². The largest absolute Gasteiger partial charge is 0.496 e. The number of para-hydroxylation sites is 2. The van der Waals surface area contributed by atoms with Crippen molar-refractivity contribution in [3.05, 3.63) is 77.9 Å². The number of hydrogen-bond donors (Lipinski definition) is 2. The van der Waals surface area contributed by atoms with Gasteiger partial charge in [0.25, 0.3) is 5.91 Å². The maximum atomic E-state index is 13.5. The highest BCUT2D eigenvalue weighted by Gasteiger charge is 2.20. The van der Waals surface area contributed by atoms with Crippen LogP contribution in [0.15, 0.2) is 66.7 Å². The van der Waals surface area contributed by atoms with Crippen molar-refractivity contribution in [3.63, 3.8) is 0 Å².